The first-order valence-electron chi connectivity index (χ1n) is 4.94. The highest BCUT2D eigenvalue weighted by atomic mass is 15.4. The third-order valence-electron chi connectivity index (χ3n) is 2.74. The fraction of sp³-hybridized carbons (Fsp3) is 0.889. The molecule has 1 fully saturated rings. The van der Waals surface area contributed by atoms with Crippen LogP contribution in [-0.2, 0) is 0 Å². The van der Waals surface area contributed by atoms with Crippen LogP contribution in [0.2, 0.25) is 0 Å². The molecule has 76 valence electrons. The Morgan fingerprint density at radius 3 is 2.38 bits per heavy atom. The largest absolute Gasteiger partial charge is 0.370 e. The Balaban J connectivity index is 2.32. The fourth-order valence-corrected chi connectivity index (χ4v) is 1.75. The van der Waals surface area contributed by atoms with Crippen molar-refractivity contribution >= 4 is 5.96 Å². The monoisotopic (exact) mass is 184 g/mol. The minimum Gasteiger partial charge on any atom is -0.370 e. The molecule has 0 amide bonds. The van der Waals surface area contributed by atoms with Gasteiger partial charge >= 0.3 is 0 Å². The quantitative estimate of drug-likeness (QED) is 0.494. The molecule has 1 aliphatic rings. The standard InChI is InChI=1S/C9H20N4/c1-4-12(5-2)8-6-13(7-8)9(10)11-3/h8H,4-7H2,1-3H3,(H2,10,11). The van der Waals surface area contributed by atoms with Crippen LogP contribution in [-0.4, -0.2) is 55.0 Å². The number of nitrogens with zero attached hydrogens (tertiary/aromatic N) is 3. The second-order valence-electron chi connectivity index (χ2n) is 3.36. The highest BCUT2D eigenvalue weighted by Crippen LogP contribution is 2.13. The van der Waals surface area contributed by atoms with E-state index < -0.39 is 0 Å². The number of hydrogen-bond donors (Lipinski definition) is 1. The second-order valence-corrected chi connectivity index (χ2v) is 3.36. The molecule has 4 nitrogen and oxygen atoms in total. The molecule has 1 saturated heterocycles. The van der Waals surface area contributed by atoms with E-state index in [0.717, 1.165) is 26.2 Å². The van der Waals surface area contributed by atoms with Gasteiger partial charge in [0.25, 0.3) is 0 Å². The van der Waals surface area contributed by atoms with E-state index in [1.54, 1.807) is 7.05 Å². The summed E-state index contributed by atoms with van der Waals surface area (Å²) in [6.45, 7) is 8.71. The summed E-state index contributed by atoms with van der Waals surface area (Å²) in [5, 5.41) is 0. The van der Waals surface area contributed by atoms with Gasteiger partial charge in [0.05, 0.1) is 0 Å². The lowest BCUT2D eigenvalue weighted by Gasteiger charge is -2.45. The Kier molecular flexibility index (Phi) is 3.54. The molecule has 1 rings (SSSR count). The molecule has 13 heavy (non-hydrogen) atoms. The molecule has 0 aromatic heterocycles. The van der Waals surface area contributed by atoms with E-state index in [9.17, 15) is 0 Å². The Bertz CT molecular complexity index is 180. The van der Waals surface area contributed by atoms with Crippen molar-refractivity contribution in [1.82, 2.24) is 9.80 Å². The maximum absolute atomic E-state index is 5.68. The van der Waals surface area contributed by atoms with Crippen molar-refractivity contribution in [1.29, 1.82) is 0 Å². The molecule has 1 aliphatic heterocycles. The zero-order valence-electron chi connectivity index (χ0n) is 8.82. The van der Waals surface area contributed by atoms with Gasteiger partial charge < -0.3 is 10.6 Å². The normalized spacial score (nSPS) is 19.4. The summed E-state index contributed by atoms with van der Waals surface area (Å²) in [6.07, 6.45) is 0. The summed E-state index contributed by atoms with van der Waals surface area (Å²) in [4.78, 5) is 8.53. The molecule has 1 heterocycles. The molecule has 0 bridgehead atoms. The fourth-order valence-electron chi connectivity index (χ4n) is 1.75. The summed E-state index contributed by atoms with van der Waals surface area (Å²) in [5.74, 6) is 0.670. The van der Waals surface area contributed by atoms with Crippen LogP contribution in [0.15, 0.2) is 4.99 Å². The molecule has 0 saturated carbocycles. The van der Waals surface area contributed by atoms with Crippen molar-refractivity contribution in [3.05, 3.63) is 0 Å². The average molecular weight is 184 g/mol. The van der Waals surface area contributed by atoms with Crippen molar-refractivity contribution in [2.45, 2.75) is 19.9 Å². The van der Waals surface area contributed by atoms with Crippen LogP contribution >= 0.6 is 0 Å². The van der Waals surface area contributed by atoms with Gasteiger partial charge in [0, 0.05) is 26.2 Å². The molecule has 0 radical (unpaired) electrons. The van der Waals surface area contributed by atoms with E-state index in [1.807, 2.05) is 0 Å². The average Bonchev–Trinajstić information content (AvgIpc) is 2.09. The van der Waals surface area contributed by atoms with E-state index in [1.165, 1.54) is 0 Å². The number of aliphatic imine (C=N–C) groups is 1. The Labute approximate surface area is 80.4 Å². The number of rotatable bonds is 3. The summed E-state index contributed by atoms with van der Waals surface area (Å²) in [5.41, 5.74) is 5.68. The van der Waals surface area contributed by atoms with Crippen LogP contribution in [0.4, 0.5) is 0 Å². The summed E-state index contributed by atoms with van der Waals surface area (Å²) in [6, 6.07) is 0.676. The first-order valence-corrected chi connectivity index (χ1v) is 4.94. The van der Waals surface area contributed by atoms with E-state index >= 15 is 0 Å². The third kappa shape index (κ3) is 2.12. The highest BCUT2D eigenvalue weighted by molar-refractivity contribution is 5.78. The van der Waals surface area contributed by atoms with Crippen molar-refractivity contribution in [2.24, 2.45) is 10.7 Å². The summed E-state index contributed by atoms with van der Waals surface area (Å²) < 4.78 is 0. The highest BCUT2D eigenvalue weighted by Gasteiger charge is 2.31. The maximum atomic E-state index is 5.68. The summed E-state index contributed by atoms with van der Waals surface area (Å²) >= 11 is 0. The van der Waals surface area contributed by atoms with Gasteiger partial charge in [0.1, 0.15) is 0 Å². The molecule has 0 atom stereocenters. The number of nitrogens with two attached hydrogens (primary N) is 1. The van der Waals surface area contributed by atoms with E-state index in [4.69, 9.17) is 5.73 Å². The topological polar surface area (TPSA) is 44.9 Å². The number of likely N-dealkylation sites (N-methyl/N-ethyl adjacent to an activating group) is 1. The van der Waals surface area contributed by atoms with Crippen LogP contribution < -0.4 is 5.73 Å². The lowest BCUT2D eigenvalue weighted by molar-refractivity contribution is 0.0882. The zero-order valence-corrected chi connectivity index (χ0v) is 8.82. The van der Waals surface area contributed by atoms with Gasteiger partial charge in [-0.3, -0.25) is 9.89 Å². The number of guanidine groups is 1. The van der Waals surface area contributed by atoms with Crippen molar-refractivity contribution in [3.63, 3.8) is 0 Å². The van der Waals surface area contributed by atoms with Crippen LogP contribution in [0, 0.1) is 0 Å². The minimum atomic E-state index is 0.670. The van der Waals surface area contributed by atoms with Crippen LogP contribution in [0.5, 0.6) is 0 Å². The molecule has 2 N–H and O–H groups in total. The molecule has 0 aromatic carbocycles. The number of hydrogen-bond acceptors (Lipinski definition) is 2. The first kappa shape index (κ1) is 10.3. The predicted octanol–water partition coefficient (Wildman–Crippen LogP) is -0.0431. The van der Waals surface area contributed by atoms with Gasteiger partial charge in [-0.1, -0.05) is 13.8 Å². The maximum Gasteiger partial charge on any atom is 0.191 e. The molecule has 0 aromatic rings. The van der Waals surface area contributed by atoms with Gasteiger partial charge in [0.15, 0.2) is 5.96 Å². The zero-order chi connectivity index (χ0) is 9.84. The second kappa shape index (κ2) is 4.46. The molecular formula is C9H20N4. The van der Waals surface area contributed by atoms with Gasteiger partial charge in [-0.25, -0.2) is 0 Å². The Morgan fingerprint density at radius 2 is 2.00 bits per heavy atom. The van der Waals surface area contributed by atoms with E-state index in [-0.39, 0.29) is 0 Å². The Morgan fingerprint density at radius 1 is 1.46 bits per heavy atom. The first-order chi connectivity index (χ1) is 6.22. The van der Waals surface area contributed by atoms with Crippen LogP contribution in [0.1, 0.15) is 13.8 Å². The van der Waals surface area contributed by atoms with Crippen molar-refractivity contribution in [3.8, 4) is 0 Å². The summed E-state index contributed by atoms with van der Waals surface area (Å²) in [7, 11) is 1.74. The molecule has 4 heteroatoms. The third-order valence-corrected chi connectivity index (χ3v) is 2.74. The van der Waals surface area contributed by atoms with Gasteiger partial charge in [-0.2, -0.15) is 0 Å². The van der Waals surface area contributed by atoms with Gasteiger partial charge in [0.2, 0.25) is 0 Å². The van der Waals surface area contributed by atoms with Crippen LogP contribution in [0.3, 0.4) is 0 Å². The SMILES string of the molecule is CCN(CC)C1CN(C(N)=NC)C1. The van der Waals surface area contributed by atoms with Crippen molar-refractivity contribution in [2.75, 3.05) is 33.2 Å². The predicted molar refractivity (Wildman–Crippen MR) is 55.8 cm³/mol. The lowest BCUT2D eigenvalue weighted by Crippen LogP contribution is -2.62. The van der Waals surface area contributed by atoms with Gasteiger partial charge in [-0.05, 0) is 13.1 Å². The molecule has 0 unspecified atom stereocenters. The number of likely N-dealkylation sites (tertiary alicyclic amines) is 1. The smallest absolute Gasteiger partial charge is 0.191 e. The van der Waals surface area contributed by atoms with Crippen molar-refractivity contribution < 1.29 is 0 Å². The molecule has 0 spiro atoms. The van der Waals surface area contributed by atoms with E-state index in [0.29, 0.717) is 12.0 Å². The van der Waals surface area contributed by atoms with Crippen LogP contribution in [0.25, 0.3) is 0 Å². The molecular weight excluding hydrogens is 164 g/mol. The van der Waals surface area contributed by atoms with E-state index in [2.05, 4.69) is 28.6 Å². The Hall–Kier alpha value is -0.770. The minimum absolute atomic E-state index is 0.670. The molecule has 0 aliphatic carbocycles. The van der Waals surface area contributed by atoms with Gasteiger partial charge in [-0.15, -0.1) is 0 Å². The lowest BCUT2D eigenvalue weighted by atomic mass is 10.1.